The Balaban J connectivity index is 0.00000400. The molecule has 2 atom stereocenters. The molecule has 0 spiro atoms. The second kappa shape index (κ2) is 15.2. The van der Waals surface area contributed by atoms with Gasteiger partial charge in [-0.1, -0.05) is 65.2 Å². The van der Waals surface area contributed by atoms with Crippen LogP contribution in [0.4, 0.5) is 0 Å². The number of quaternary nitrogens is 1. The number of halogens is 1. The Morgan fingerprint density at radius 2 is 1.43 bits per heavy atom. The maximum atomic E-state index is 2.31. The van der Waals surface area contributed by atoms with Crippen LogP contribution in [0, 0.1) is 5.92 Å². The summed E-state index contributed by atoms with van der Waals surface area (Å²) in [6.07, 6.45) is 19.0. The van der Waals surface area contributed by atoms with Gasteiger partial charge in [-0.2, -0.15) is 0 Å². The summed E-state index contributed by atoms with van der Waals surface area (Å²) in [4.78, 5) is 1.92. The predicted molar refractivity (Wildman–Crippen MR) is 90.4 cm³/mol. The fraction of sp³-hybridized carbons (Fsp3) is 1.00. The van der Waals surface area contributed by atoms with E-state index in [9.17, 15) is 0 Å². The standard InChI is InChI=1S/C19H39N.ClH/c1-3-5-7-9-11-14-19-15-13-17-20(18-19)16-12-10-8-6-4-2;/h19H,3-18H2,1-2H3;1H. The maximum absolute atomic E-state index is 2.31. The molecule has 1 heterocycles. The first-order valence-corrected chi connectivity index (χ1v) is 9.70. The molecule has 0 aromatic heterocycles. The van der Waals surface area contributed by atoms with Crippen molar-refractivity contribution in [3.63, 3.8) is 0 Å². The minimum Gasteiger partial charge on any atom is -1.00 e. The van der Waals surface area contributed by atoms with E-state index in [4.69, 9.17) is 0 Å². The summed E-state index contributed by atoms with van der Waals surface area (Å²) in [5.41, 5.74) is 0. The van der Waals surface area contributed by atoms with Crippen molar-refractivity contribution >= 4 is 0 Å². The summed E-state index contributed by atoms with van der Waals surface area (Å²) in [6, 6.07) is 0. The zero-order valence-corrected chi connectivity index (χ0v) is 15.5. The third-order valence-corrected chi connectivity index (χ3v) is 5.07. The molecule has 0 saturated carbocycles. The molecule has 1 fully saturated rings. The van der Waals surface area contributed by atoms with Crippen LogP contribution in [0.15, 0.2) is 0 Å². The molecule has 0 radical (unpaired) electrons. The molecule has 1 aliphatic heterocycles. The lowest BCUT2D eigenvalue weighted by Crippen LogP contribution is -3.13. The zero-order chi connectivity index (χ0) is 14.5. The molecule has 0 bridgehead atoms. The van der Waals surface area contributed by atoms with Gasteiger partial charge in [0.1, 0.15) is 0 Å². The highest BCUT2D eigenvalue weighted by molar-refractivity contribution is 4.62. The molecule has 1 rings (SSSR count). The Morgan fingerprint density at radius 3 is 2.10 bits per heavy atom. The van der Waals surface area contributed by atoms with E-state index in [-0.39, 0.29) is 12.4 Å². The van der Waals surface area contributed by atoms with Crippen LogP contribution in [-0.4, -0.2) is 19.6 Å². The topological polar surface area (TPSA) is 4.44 Å². The number of piperidine rings is 1. The molecule has 0 amide bonds. The molecule has 1 nitrogen and oxygen atoms in total. The quantitative estimate of drug-likeness (QED) is 0.522. The summed E-state index contributed by atoms with van der Waals surface area (Å²) in [7, 11) is 0. The van der Waals surface area contributed by atoms with Gasteiger partial charge in [-0.05, 0) is 32.1 Å². The molecule has 1 saturated heterocycles. The molecule has 2 heteroatoms. The number of hydrogen-bond acceptors (Lipinski definition) is 0. The van der Waals surface area contributed by atoms with Crippen LogP contribution in [0.3, 0.4) is 0 Å². The van der Waals surface area contributed by atoms with E-state index in [1.54, 1.807) is 0 Å². The Bertz CT molecular complexity index is 188. The Kier molecular flexibility index (Phi) is 15.3. The van der Waals surface area contributed by atoms with Crippen LogP contribution in [0.1, 0.15) is 97.3 Å². The van der Waals surface area contributed by atoms with Gasteiger partial charge in [-0.15, -0.1) is 0 Å². The lowest BCUT2D eigenvalue weighted by molar-refractivity contribution is -0.909. The van der Waals surface area contributed by atoms with Gasteiger partial charge in [0.2, 0.25) is 0 Å². The van der Waals surface area contributed by atoms with Crippen LogP contribution in [0.5, 0.6) is 0 Å². The average molecular weight is 318 g/mol. The highest BCUT2D eigenvalue weighted by atomic mass is 35.5. The summed E-state index contributed by atoms with van der Waals surface area (Å²) in [5, 5.41) is 0. The molecule has 1 aliphatic rings. The average Bonchev–Trinajstić information content (AvgIpc) is 2.47. The minimum absolute atomic E-state index is 0. The third-order valence-electron chi connectivity index (χ3n) is 5.07. The van der Waals surface area contributed by atoms with E-state index in [2.05, 4.69) is 13.8 Å². The van der Waals surface area contributed by atoms with Gasteiger partial charge in [-0.3, -0.25) is 0 Å². The monoisotopic (exact) mass is 317 g/mol. The molecule has 21 heavy (non-hydrogen) atoms. The Morgan fingerprint density at radius 1 is 0.810 bits per heavy atom. The molecular weight excluding hydrogens is 278 g/mol. The lowest BCUT2D eigenvalue weighted by Gasteiger charge is -2.30. The van der Waals surface area contributed by atoms with Crippen molar-refractivity contribution in [2.75, 3.05) is 19.6 Å². The van der Waals surface area contributed by atoms with Gasteiger partial charge >= 0.3 is 0 Å². The summed E-state index contributed by atoms with van der Waals surface area (Å²) < 4.78 is 0. The van der Waals surface area contributed by atoms with Gasteiger partial charge in [0.15, 0.2) is 0 Å². The van der Waals surface area contributed by atoms with Crippen LogP contribution in [-0.2, 0) is 0 Å². The highest BCUT2D eigenvalue weighted by Gasteiger charge is 2.21. The first-order valence-electron chi connectivity index (χ1n) is 9.70. The fourth-order valence-electron chi connectivity index (χ4n) is 3.74. The maximum Gasteiger partial charge on any atom is 0.0799 e. The van der Waals surface area contributed by atoms with Gasteiger partial charge in [0, 0.05) is 5.92 Å². The second-order valence-corrected chi connectivity index (χ2v) is 7.08. The normalized spacial score (nSPS) is 22.0. The number of likely N-dealkylation sites (tertiary alicyclic amines) is 1. The van der Waals surface area contributed by atoms with Crippen molar-refractivity contribution in [3.05, 3.63) is 0 Å². The summed E-state index contributed by atoms with van der Waals surface area (Å²) in [6.45, 7) is 9.02. The van der Waals surface area contributed by atoms with Crippen LogP contribution < -0.4 is 17.3 Å². The van der Waals surface area contributed by atoms with Crippen LogP contribution >= 0.6 is 0 Å². The largest absolute Gasteiger partial charge is 1.00 e. The molecule has 0 aromatic carbocycles. The van der Waals surface area contributed by atoms with E-state index in [0.717, 1.165) is 5.92 Å². The molecule has 0 aromatic rings. The van der Waals surface area contributed by atoms with E-state index < -0.39 is 0 Å². The van der Waals surface area contributed by atoms with Crippen molar-refractivity contribution in [1.29, 1.82) is 0 Å². The Hall–Kier alpha value is 0.250. The number of hydrogen-bond donors (Lipinski definition) is 1. The van der Waals surface area contributed by atoms with Crippen molar-refractivity contribution in [3.8, 4) is 0 Å². The smallest absolute Gasteiger partial charge is 0.0799 e. The Labute approximate surface area is 140 Å². The van der Waals surface area contributed by atoms with E-state index in [0.29, 0.717) is 0 Å². The van der Waals surface area contributed by atoms with Crippen molar-refractivity contribution in [2.45, 2.75) is 97.3 Å². The highest BCUT2D eigenvalue weighted by Crippen LogP contribution is 2.17. The van der Waals surface area contributed by atoms with Gasteiger partial charge < -0.3 is 17.3 Å². The van der Waals surface area contributed by atoms with E-state index in [1.165, 1.54) is 103 Å². The first-order chi connectivity index (χ1) is 9.86. The lowest BCUT2D eigenvalue weighted by atomic mass is 9.92. The van der Waals surface area contributed by atoms with Crippen LogP contribution in [0.25, 0.3) is 0 Å². The zero-order valence-electron chi connectivity index (χ0n) is 14.8. The van der Waals surface area contributed by atoms with Crippen molar-refractivity contribution < 1.29 is 17.3 Å². The van der Waals surface area contributed by atoms with E-state index in [1.807, 2.05) is 4.90 Å². The molecule has 0 aliphatic carbocycles. The summed E-state index contributed by atoms with van der Waals surface area (Å²) >= 11 is 0. The van der Waals surface area contributed by atoms with Gasteiger partial charge in [-0.25, -0.2) is 0 Å². The molecule has 1 N–H and O–H groups in total. The minimum atomic E-state index is 0. The van der Waals surface area contributed by atoms with Gasteiger partial charge in [0.25, 0.3) is 0 Å². The second-order valence-electron chi connectivity index (χ2n) is 7.08. The number of unbranched alkanes of at least 4 members (excludes halogenated alkanes) is 8. The van der Waals surface area contributed by atoms with Crippen LogP contribution in [0.2, 0.25) is 0 Å². The van der Waals surface area contributed by atoms with Crippen molar-refractivity contribution in [1.82, 2.24) is 0 Å². The SMILES string of the molecule is CCCCCCCC1CCC[NH+](CCCCCCC)C1.[Cl-]. The third kappa shape index (κ3) is 11.5. The number of nitrogens with one attached hydrogen (secondary N) is 1. The first kappa shape index (κ1) is 21.2. The summed E-state index contributed by atoms with van der Waals surface area (Å²) in [5.74, 6) is 1.05. The molecule has 2 unspecified atom stereocenters. The predicted octanol–water partition coefficient (Wildman–Crippen LogP) is 1.62. The van der Waals surface area contributed by atoms with E-state index >= 15 is 0 Å². The van der Waals surface area contributed by atoms with Crippen molar-refractivity contribution in [2.24, 2.45) is 5.92 Å². The molecular formula is C19H40ClN. The number of rotatable bonds is 12. The fourth-order valence-corrected chi connectivity index (χ4v) is 3.74. The van der Waals surface area contributed by atoms with Gasteiger partial charge in [0.05, 0.1) is 19.6 Å². The molecule has 128 valence electrons.